The van der Waals surface area contributed by atoms with Crippen LogP contribution in [0.25, 0.3) is 0 Å². The zero-order valence-electron chi connectivity index (χ0n) is 16.8. The molecule has 1 aliphatic carbocycles. The van der Waals surface area contributed by atoms with Gasteiger partial charge in [0, 0.05) is 13.1 Å². The van der Waals surface area contributed by atoms with E-state index in [0.29, 0.717) is 17.8 Å². The second kappa shape index (κ2) is 8.21. The second-order valence-corrected chi connectivity index (χ2v) is 9.75. The van der Waals surface area contributed by atoms with Crippen LogP contribution < -0.4 is 0 Å². The van der Waals surface area contributed by atoms with Gasteiger partial charge in [-0.25, -0.2) is 0 Å². The normalized spacial score (nSPS) is 34.2. The Morgan fingerprint density at radius 3 is 2.54 bits per heavy atom. The van der Waals surface area contributed by atoms with Crippen molar-refractivity contribution in [2.75, 3.05) is 19.7 Å². The molecule has 0 aromatic heterocycles. The van der Waals surface area contributed by atoms with Gasteiger partial charge in [-0.1, -0.05) is 48.0 Å². The maximum Gasteiger partial charge on any atom is 0.248 e. The highest BCUT2D eigenvalue weighted by Gasteiger charge is 2.34. The largest absolute Gasteiger partial charge is 0.368 e. The lowest BCUT2D eigenvalue weighted by Crippen LogP contribution is -2.42. The number of hydrogen-bond acceptors (Lipinski definition) is 2. The van der Waals surface area contributed by atoms with Crippen LogP contribution in [0.4, 0.5) is 0 Å². The molecule has 2 aliphatic rings. The Bertz CT molecular complexity index is 418. The summed E-state index contributed by atoms with van der Waals surface area (Å²) in [6.45, 7) is 15.8. The number of ether oxygens (including phenoxy) is 1. The first-order chi connectivity index (χ1) is 11.2. The van der Waals surface area contributed by atoms with Crippen molar-refractivity contribution in [3.63, 3.8) is 0 Å². The summed E-state index contributed by atoms with van der Waals surface area (Å²) in [7, 11) is 0. The molecule has 2 rings (SSSR count). The first-order valence-electron chi connectivity index (χ1n) is 10.1. The Labute approximate surface area is 149 Å². The molecule has 3 nitrogen and oxygen atoms in total. The van der Waals surface area contributed by atoms with E-state index in [1.165, 1.54) is 19.3 Å². The fourth-order valence-corrected chi connectivity index (χ4v) is 4.87. The average Bonchev–Trinajstić information content (AvgIpc) is 2.61. The topological polar surface area (TPSA) is 29.5 Å². The van der Waals surface area contributed by atoms with Crippen molar-refractivity contribution in [1.29, 1.82) is 0 Å². The van der Waals surface area contributed by atoms with Crippen molar-refractivity contribution in [2.45, 2.75) is 79.8 Å². The first kappa shape index (κ1) is 19.8. The van der Waals surface area contributed by atoms with Gasteiger partial charge in [-0.2, -0.15) is 0 Å². The molecule has 4 atom stereocenters. The van der Waals surface area contributed by atoms with Crippen molar-refractivity contribution >= 4 is 5.91 Å². The van der Waals surface area contributed by atoms with Crippen LogP contribution in [-0.2, 0) is 9.53 Å². The lowest BCUT2D eigenvalue weighted by molar-refractivity contribution is -0.142. The summed E-state index contributed by atoms with van der Waals surface area (Å²) in [5, 5.41) is 0. The molecule has 1 unspecified atom stereocenters. The lowest BCUT2D eigenvalue weighted by atomic mass is 9.75. The quantitative estimate of drug-likeness (QED) is 0.741. The molecule has 0 aromatic rings. The van der Waals surface area contributed by atoms with Gasteiger partial charge >= 0.3 is 0 Å². The Morgan fingerprint density at radius 1 is 1.17 bits per heavy atom. The Hall–Kier alpha value is -0.570. The number of hydrogen-bond donors (Lipinski definition) is 0. The molecule has 1 heterocycles. The molecule has 0 aromatic carbocycles. The van der Waals surface area contributed by atoms with Crippen molar-refractivity contribution < 1.29 is 9.53 Å². The van der Waals surface area contributed by atoms with Gasteiger partial charge in [-0.15, -0.1) is 0 Å². The predicted octanol–water partition coefficient (Wildman–Crippen LogP) is 4.75. The van der Waals surface area contributed by atoms with Crippen LogP contribution in [0.3, 0.4) is 0 Å². The maximum atomic E-state index is 12.7. The molecule has 140 valence electrons. The minimum atomic E-state index is 0.193. The third kappa shape index (κ3) is 5.47. The molecular formula is C21H39NO2. The van der Waals surface area contributed by atoms with E-state index in [-0.39, 0.29) is 24.0 Å². The predicted molar refractivity (Wildman–Crippen MR) is 99.8 cm³/mol. The smallest absolute Gasteiger partial charge is 0.248 e. The van der Waals surface area contributed by atoms with E-state index in [1.807, 2.05) is 0 Å². The van der Waals surface area contributed by atoms with E-state index in [2.05, 4.69) is 46.4 Å². The van der Waals surface area contributed by atoms with Gasteiger partial charge in [0.25, 0.3) is 0 Å². The third-order valence-electron chi connectivity index (χ3n) is 6.15. The molecule has 1 aliphatic heterocycles. The summed E-state index contributed by atoms with van der Waals surface area (Å²) in [4.78, 5) is 14.8. The number of amides is 1. The number of carbonyl (C=O) groups excluding carboxylic acids is 1. The van der Waals surface area contributed by atoms with Crippen LogP contribution in [0, 0.1) is 29.1 Å². The highest BCUT2D eigenvalue weighted by Crippen LogP contribution is 2.35. The molecular weight excluding hydrogens is 298 g/mol. The van der Waals surface area contributed by atoms with E-state index in [1.54, 1.807) is 0 Å². The van der Waals surface area contributed by atoms with Crippen LogP contribution in [0.1, 0.15) is 73.6 Å². The van der Waals surface area contributed by atoms with Gasteiger partial charge < -0.3 is 9.64 Å². The standard InChI is InChI=1S/C21H39NO2/c1-15(2)18-8-7-16(3)11-19(18)24-13-20(23)22-10-9-17(4)12-21(5,6)14-22/h15-19H,7-14H2,1-6H3/t16-,17?,18+,19-/m0/s1. The molecule has 3 heteroatoms. The van der Waals surface area contributed by atoms with Gasteiger partial charge in [0.15, 0.2) is 0 Å². The van der Waals surface area contributed by atoms with E-state index in [0.717, 1.165) is 31.8 Å². The number of likely N-dealkylation sites (tertiary alicyclic amines) is 1. The lowest BCUT2D eigenvalue weighted by Gasteiger charge is -2.37. The van der Waals surface area contributed by atoms with E-state index in [4.69, 9.17) is 4.74 Å². The molecule has 0 spiro atoms. The van der Waals surface area contributed by atoms with Crippen molar-refractivity contribution in [2.24, 2.45) is 29.1 Å². The van der Waals surface area contributed by atoms with Gasteiger partial charge in [-0.3, -0.25) is 4.79 Å². The number of rotatable bonds is 4. The molecule has 0 bridgehead atoms. The SMILES string of the molecule is CC1CCN(C(=O)CO[C@H]2C[C@@H](C)CC[C@@H]2C(C)C)CC(C)(C)C1. The van der Waals surface area contributed by atoms with Crippen LogP contribution in [-0.4, -0.2) is 36.6 Å². The maximum absolute atomic E-state index is 12.7. The van der Waals surface area contributed by atoms with Gasteiger partial charge in [0.05, 0.1) is 6.10 Å². The summed E-state index contributed by atoms with van der Waals surface area (Å²) >= 11 is 0. The average molecular weight is 338 g/mol. The Morgan fingerprint density at radius 2 is 1.88 bits per heavy atom. The Balaban J connectivity index is 1.91. The van der Waals surface area contributed by atoms with Crippen molar-refractivity contribution in [3.8, 4) is 0 Å². The number of carbonyl (C=O) groups is 1. The molecule has 0 N–H and O–H groups in total. The summed E-state index contributed by atoms with van der Waals surface area (Å²) in [5.41, 5.74) is 0.214. The summed E-state index contributed by atoms with van der Waals surface area (Å²) in [6.07, 6.45) is 6.23. The minimum Gasteiger partial charge on any atom is -0.368 e. The van der Waals surface area contributed by atoms with Crippen LogP contribution in [0.5, 0.6) is 0 Å². The molecule has 24 heavy (non-hydrogen) atoms. The van der Waals surface area contributed by atoms with Gasteiger partial charge in [0.1, 0.15) is 6.61 Å². The summed E-state index contributed by atoms with van der Waals surface area (Å²) in [5.74, 6) is 2.85. The van der Waals surface area contributed by atoms with E-state index < -0.39 is 0 Å². The fraction of sp³-hybridized carbons (Fsp3) is 0.952. The number of nitrogens with zero attached hydrogens (tertiary/aromatic N) is 1. The summed E-state index contributed by atoms with van der Waals surface area (Å²) < 4.78 is 6.19. The third-order valence-corrected chi connectivity index (χ3v) is 6.15. The molecule has 1 amide bonds. The molecule has 1 saturated carbocycles. The molecule has 2 fully saturated rings. The van der Waals surface area contributed by atoms with Crippen molar-refractivity contribution in [3.05, 3.63) is 0 Å². The van der Waals surface area contributed by atoms with Crippen LogP contribution in [0.15, 0.2) is 0 Å². The van der Waals surface area contributed by atoms with Gasteiger partial charge in [0.2, 0.25) is 5.91 Å². The van der Waals surface area contributed by atoms with Crippen LogP contribution >= 0.6 is 0 Å². The summed E-state index contributed by atoms with van der Waals surface area (Å²) in [6, 6.07) is 0. The van der Waals surface area contributed by atoms with E-state index >= 15 is 0 Å². The highest BCUT2D eigenvalue weighted by atomic mass is 16.5. The van der Waals surface area contributed by atoms with E-state index in [9.17, 15) is 4.79 Å². The second-order valence-electron chi connectivity index (χ2n) is 9.75. The minimum absolute atomic E-state index is 0.193. The first-order valence-corrected chi connectivity index (χ1v) is 10.1. The zero-order chi connectivity index (χ0) is 17.9. The highest BCUT2D eigenvalue weighted by molar-refractivity contribution is 5.77. The van der Waals surface area contributed by atoms with Gasteiger partial charge in [-0.05, 0) is 54.8 Å². The zero-order valence-corrected chi connectivity index (χ0v) is 16.8. The van der Waals surface area contributed by atoms with Crippen LogP contribution in [0.2, 0.25) is 0 Å². The Kier molecular flexibility index (Phi) is 6.75. The van der Waals surface area contributed by atoms with Crippen molar-refractivity contribution in [1.82, 2.24) is 4.90 Å². The fourth-order valence-electron chi connectivity index (χ4n) is 4.87. The molecule has 1 saturated heterocycles. The monoisotopic (exact) mass is 337 g/mol. The molecule has 0 radical (unpaired) electrons.